The Hall–Kier alpha value is -4.68. The Balaban J connectivity index is 1.64. The number of nitrogens with zero attached hydrogens (tertiary/aromatic N) is 2. The van der Waals surface area contributed by atoms with Gasteiger partial charge in [-0.2, -0.15) is 4.99 Å². The fraction of sp³-hybridized carbons (Fsp3) is 0.190. The van der Waals surface area contributed by atoms with Gasteiger partial charge in [0.1, 0.15) is 17.8 Å². The van der Waals surface area contributed by atoms with E-state index in [-0.39, 0.29) is 17.9 Å². The van der Waals surface area contributed by atoms with Gasteiger partial charge in [-0.25, -0.2) is 14.2 Å². The van der Waals surface area contributed by atoms with Gasteiger partial charge in [-0.1, -0.05) is 30.3 Å². The molecule has 2 atom stereocenters. The van der Waals surface area contributed by atoms with Gasteiger partial charge in [-0.05, 0) is 5.56 Å². The molecule has 0 saturated heterocycles. The number of amidine groups is 1. The second-order valence-corrected chi connectivity index (χ2v) is 7.29. The lowest BCUT2D eigenvalue weighted by molar-refractivity contribution is -0.139. The maximum absolute atomic E-state index is 14.5. The molecule has 3 rings (SSSR count). The van der Waals surface area contributed by atoms with Crippen LogP contribution in [0.5, 0.6) is 0 Å². The van der Waals surface area contributed by atoms with Gasteiger partial charge in [0.15, 0.2) is 11.5 Å². The van der Waals surface area contributed by atoms with Gasteiger partial charge in [0, 0.05) is 18.9 Å². The number of carboxylic acid groups (broad SMARTS) is 1. The molecule has 0 radical (unpaired) electrons. The number of carboxylic acids is 1. The molecule has 0 aliphatic carbocycles. The van der Waals surface area contributed by atoms with Crippen LogP contribution in [0, 0.1) is 17.1 Å². The number of nitrogens with two attached hydrogens (primary N) is 1. The molecule has 0 saturated carbocycles. The summed E-state index contributed by atoms with van der Waals surface area (Å²) in [5.74, 6) is -6.56. The summed E-state index contributed by atoms with van der Waals surface area (Å²) in [5, 5.41) is 23.4. The molecule has 0 fully saturated rings. The van der Waals surface area contributed by atoms with E-state index in [1.54, 1.807) is 30.3 Å². The summed E-state index contributed by atoms with van der Waals surface area (Å²) in [4.78, 5) is 55.3. The molecule has 0 bridgehead atoms. The predicted molar refractivity (Wildman–Crippen MR) is 117 cm³/mol. The Labute approximate surface area is 192 Å². The SMILES string of the molecule is N=C1N=C(N)C(CC(=O)Nc2cnc(C(=O)N[C@@H](Cc3ccccc3)C(=O)O)c(F)c2)C(=O)N1. The molecular formula is C21H20FN7O5. The standard InChI is InChI=1S/C21H20FN7O5/c22-13-7-11(26-15(30)8-12-17(23)28-21(24)29-18(12)31)9-25-16(13)19(32)27-14(20(33)34)6-10-4-2-1-3-5-10/h1-5,7,9,12,14H,6,8H2,(H,26,30)(H,27,32)(H,33,34)(H4,23,24,28,29,31)/t12?,14-/m0/s1. The molecular weight excluding hydrogens is 449 g/mol. The van der Waals surface area contributed by atoms with E-state index in [0.29, 0.717) is 5.56 Å². The number of hydrogen-bond donors (Lipinski definition) is 6. The van der Waals surface area contributed by atoms with E-state index in [1.165, 1.54) is 0 Å². The van der Waals surface area contributed by atoms with Crippen LogP contribution >= 0.6 is 0 Å². The van der Waals surface area contributed by atoms with Gasteiger partial charge in [-0.3, -0.25) is 25.1 Å². The minimum atomic E-state index is -1.31. The second-order valence-electron chi connectivity index (χ2n) is 7.29. The number of benzene rings is 1. The Morgan fingerprint density at radius 3 is 2.59 bits per heavy atom. The monoisotopic (exact) mass is 469 g/mol. The first-order valence-electron chi connectivity index (χ1n) is 9.90. The Morgan fingerprint density at radius 2 is 1.97 bits per heavy atom. The average Bonchev–Trinajstić information content (AvgIpc) is 2.76. The van der Waals surface area contributed by atoms with Crippen LogP contribution in [0.4, 0.5) is 10.1 Å². The van der Waals surface area contributed by atoms with Crippen LogP contribution in [0.25, 0.3) is 0 Å². The number of carbonyl (C=O) groups is 4. The van der Waals surface area contributed by atoms with Crippen LogP contribution < -0.4 is 21.7 Å². The maximum atomic E-state index is 14.5. The van der Waals surface area contributed by atoms with Crippen molar-refractivity contribution in [1.29, 1.82) is 5.41 Å². The third-order valence-corrected chi connectivity index (χ3v) is 4.77. The summed E-state index contributed by atoms with van der Waals surface area (Å²) < 4.78 is 14.5. The van der Waals surface area contributed by atoms with Crippen LogP contribution in [0.1, 0.15) is 22.5 Å². The van der Waals surface area contributed by atoms with Gasteiger partial charge >= 0.3 is 5.97 Å². The summed E-state index contributed by atoms with van der Waals surface area (Å²) in [6.07, 6.45) is 0.577. The number of guanidine groups is 1. The van der Waals surface area contributed by atoms with Crippen molar-refractivity contribution in [1.82, 2.24) is 15.6 Å². The van der Waals surface area contributed by atoms with E-state index in [4.69, 9.17) is 11.1 Å². The van der Waals surface area contributed by atoms with Gasteiger partial charge in [0.2, 0.25) is 17.8 Å². The maximum Gasteiger partial charge on any atom is 0.326 e. The molecule has 1 unspecified atom stereocenters. The molecule has 3 amide bonds. The lowest BCUT2D eigenvalue weighted by Crippen LogP contribution is -2.47. The van der Waals surface area contributed by atoms with Crippen LogP contribution in [0.2, 0.25) is 0 Å². The summed E-state index contributed by atoms with van der Waals surface area (Å²) >= 11 is 0. The number of nitrogens with one attached hydrogen (secondary N) is 4. The number of rotatable bonds is 8. The first kappa shape index (κ1) is 24.0. The minimum Gasteiger partial charge on any atom is -0.480 e. The third-order valence-electron chi connectivity index (χ3n) is 4.77. The zero-order valence-corrected chi connectivity index (χ0v) is 17.5. The highest BCUT2D eigenvalue weighted by molar-refractivity contribution is 6.17. The molecule has 2 heterocycles. The van der Waals surface area contributed by atoms with E-state index in [1.807, 2.05) is 0 Å². The quantitative estimate of drug-likeness (QED) is 0.313. The van der Waals surface area contributed by atoms with Gasteiger partial charge in [-0.15, -0.1) is 0 Å². The smallest absolute Gasteiger partial charge is 0.326 e. The molecule has 176 valence electrons. The largest absolute Gasteiger partial charge is 0.480 e. The Bertz CT molecular complexity index is 1190. The number of hydrogen-bond acceptors (Lipinski definition) is 7. The van der Waals surface area contributed by atoms with Crippen molar-refractivity contribution in [2.24, 2.45) is 16.6 Å². The number of anilines is 1. The van der Waals surface area contributed by atoms with Crippen molar-refractivity contribution in [3.05, 3.63) is 59.7 Å². The van der Waals surface area contributed by atoms with Crippen molar-refractivity contribution in [2.75, 3.05) is 5.32 Å². The molecule has 34 heavy (non-hydrogen) atoms. The molecule has 2 aromatic rings. The van der Waals surface area contributed by atoms with Crippen LogP contribution in [0.3, 0.4) is 0 Å². The van der Waals surface area contributed by atoms with Gasteiger partial charge in [0.05, 0.1) is 11.9 Å². The molecule has 1 aliphatic rings. The zero-order valence-electron chi connectivity index (χ0n) is 17.5. The summed E-state index contributed by atoms with van der Waals surface area (Å²) in [6.45, 7) is 0. The highest BCUT2D eigenvalue weighted by Crippen LogP contribution is 2.15. The lowest BCUT2D eigenvalue weighted by Gasteiger charge is -2.19. The molecule has 0 spiro atoms. The predicted octanol–water partition coefficient (Wildman–Crippen LogP) is 0.0130. The van der Waals surface area contributed by atoms with Crippen molar-refractivity contribution >= 4 is 41.2 Å². The third kappa shape index (κ3) is 5.97. The van der Waals surface area contributed by atoms with Gasteiger partial charge in [0.25, 0.3) is 5.91 Å². The summed E-state index contributed by atoms with van der Waals surface area (Å²) in [7, 11) is 0. The first-order chi connectivity index (χ1) is 16.1. The van der Waals surface area contributed by atoms with E-state index >= 15 is 0 Å². The second kappa shape index (κ2) is 10.3. The van der Waals surface area contributed by atoms with E-state index in [9.17, 15) is 28.7 Å². The number of aromatic nitrogens is 1. The molecule has 1 aromatic heterocycles. The lowest BCUT2D eigenvalue weighted by atomic mass is 10.0. The van der Waals surface area contributed by atoms with Crippen molar-refractivity contribution in [3.8, 4) is 0 Å². The topological polar surface area (TPSA) is 200 Å². The average molecular weight is 469 g/mol. The summed E-state index contributed by atoms with van der Waals surface area (Å²) in [5.41, 5.74) is 5.51. The highest BCUT2D eigenvalue weighted by Gasteiger charge is 2.30. The molecule has 12 nitrogen and oxygen atoms in total. The Morgan fingerprint density at radius 1 is 1.26 bits per heavy atom. The van der Waals surface area contributed by atoms with E-state index in [2.05, 4.69) is 25.9 Å². The fourth-order valence-electron chi connectivity index (χ4n) is 3.12. The number of aliphatic imine (C=N–C) groups is 1. The van der Waals surface area contributed by atoms with E-state index < -0.39 is 59.5 Å². The number of halogens is 1. The van der Waals surface area contributed by atoms with Crippen molar-refractivity contribution in [2.45, 2.75) is 18.9 Å². The zero-order chi connectivity index (χ0) is 24.8. The molecule has 13 heteroatoms. The normalized spacial score (nSPS) is 16.1. The Kier molecular flexibility index (Phi) is 7.26. The van der Waals surface area contributed by atoms with Crippen LogP contribution in [0.15, 0.2) is 47.6 Å². The number of aliphatic carboxylic acids is 1. The summed E-state index contributed by atoms with van der Waals surface area (Å²) in [6, 6.07) is 8.11. The highest BCUT2D eigenvalue weighted by atomic mass is 19.1. The molecule has 1 aliphatic heterocycles. The van der Waals surface area contributed by atoms with Crippen molar-refractivity contribution < 1.29 is 28.7 Å². The number of amides is 3. The van der Waals surface area contributed by atoms with Crippen LogP contribution in [-0.4, -0.2) is 51.6 Å². The van der Waals surface area contributed by atoms with Crippen molar-refractivity contribution in [3.63, 3.8) is 0 Å². The fourth-order valence-corrected chi connectivity index (χ4v) is 3.12. The molecule has 1 aromatic carbocycles. The van der Waals surface area contributed by atoms with Gasteiger partial charge < -0.3 is 21.5 Å². The molecule has 7 N–H and O–H groups in total. The number of pyridine rings is 1. The van der Waals surface area contributed by atoms with Crippen LogP contribution in [-0.2, 0) is 20.8 Å². The minimum absolute atomic E-state index is 0.0156. The first-order valence-corrected chi connectivity index (χ1v) is 9.90. The van der Waals surface area contributed by atoms with E-state index in [0.717, 1.165) is 12.3 Å². The number of carbonyl (C=O) groups excluding carboxylic acids is 3.